The largest absolute Gasteiger partial charge is 0.475 e. The highest BCUT2D eigenvalue weighted by Crippen LogP contribution is 2.22. The Balaban J connectivity index is 1.46. The van der Waals surface area contributed by atoms with Gasteiger partial charge in [-0.1, -0.05) is 74.6 Å². The Morgan fingerprint density at radius 2 is 1.80 bits per heavy atom. The minimum absolute atomic E-state index is 0.200. The van der Waals surface area contributed by atoms with Crippen molar-refractivity contribution < 1.29 is 19.6 Å². The Labute approximate surface area is 247 Å². The summed E-state index contributed by atoms with van der Waals surface area (Å²) in [5.74, 6) is -1.03. The van der Waals surface area contributed by atoms with Crippen molar-refractivity contribution in [1.82, 2.24) is 20.5 Å². The number of carbonyl (C=O) groups is 2. The number of aromatic amines is 1. The van der Waals surface area contributed by atoms with Gasteiger partial charge in [-0.2, -0.15) is 0 Å². The van der Waals surface area contributed by atoms with E-state index in [1.807, 2.05) is 74.6 Å². The van der Waals surface area contributed by atoms with E-state index in [2.05, 4.69) is 15.6 Å². The van der Waals surface area contributed by atoms with Gasteiger partial charge < -0.3 is 36.3 Å². The van der Waals surface area contributed by atoms with Crippen LogP contribution in [0.3, 0.4) is 0 Å². The molecule has 1 aliphatic rings. The van der Waals surface area contributed by atoms with Gasteiger partial charge in [0.25, 0.3) is 0 Å². The van der Waals surface area contributed by atoms with E-state index in [0.717, 1.165) is 22.0 Å². The molecule has 1 unspecified atom stereocenters. The molecule has 41 heavy (non-hydrogen) atoms. The van der Waals surface area contributed by atoms with Gasteiger partial charge in [0.05, 0.1) is 23.0 Å². The van der Waals surface area contributed by atoms with Crippen LogP contribution in [0.15, 0.2) is 60.8 Å². The van der Waals surface area contributed by atoms with Crippen LogP contribution in [0, 0.1) is 5.92 Å². The van der Waals surface area contributed by atoms with Crippen LogP contribution in [0.1, 0.15) is 44.2 Å². The molecule has 3 aromatic rings. The molecular formula is C30H40BN5O4S. The zero-order valence-corrected chi connectivity index (χ0v) is 24.4. The van der Waals surface area contributed by atoms with Crippen LogP contribution in [0.2, 0.25) is 0 Å². The van der Waals surface area contributed by atoms with Crippen molar-refractivity contribution in [3.8, 4) is 0 Å². The molecule has 1 fully saturated rings. The fourth-order valence-electron chi connectivity index (χ4n) is 5.51. The summed E-state index contributed by atoms with van der Waals surface area (Å²) in [6.07, 6.45) is 4.37. The van der Waals surface area contributed by atoms with Gasteiger partial charge in [-0.3, -0.25) is 9.59 Å². The molecule has 1 aromatic heterocycles. The normalized spacial score (nSPS) is 17.3. The summed E-state index contributed by atoms with van der Waals surface area (Å²) in [5.41, 5.74) is 9.31. The fourth-order valence-corrected chi connectivity index (χ4v) is 5.81. The molecule has 218 valence electrons. The van der Waals surface area contributed by atoms with Gasteiger partial charge in [-0.15, -0.1) is 0 Å². The lowest BCUT2D eigenvalue weighted by Crippen LogP contribution is -2.57. The lowest BCUT2D eigenvalue weighted by molar-refractivity contribution is -0.139. The first-order valence-electron chi connectivity index (χ1n) is 14.3. The first-order chi connectivity index (χ1) is 19.6. The monoisotopic (exact) mass is 577 g/mol. The average Bonchev–Trinajstić information content (AvgIpc) is 3.60. The Morgan fingerprint density at radius 1 is 1.10 bits per heavy atom. The molecule has 9 nitrogen and oxygen atoms in total. The van der Waals surface area contributed by atoms with Crippen LogP contribution < -0.4 is 16.4 Å². The molecule has 0 radical (unpaired) electrons. The lowest BCUT2D eigenvalue weighted by atomic mass is 9.75. The molecule has 0 aliphatic carbocycles. The quantitative estimate of drug-likeness (QED) is 0.143. The molecule has 2 amide bonds. The van der Waals surface area contributed by atoms with Crippen molar-refractivity contribution in [1.29, 1.82) is 0 Å². The Bertz CT molecular complexity index is 1330. The van der Waals surface area contributed by atoms with Crippen LogP contribution in [0.25, 0.3) is 10.9 Å². The SMILES string of the molecule is CC(C)C[C@H](NC(=S)[C@H](Cc1ccccc1)NC(=O)C1CCCN1C(=O)[C@@H](N)Cc1c[nH]c2ccccc12)B(O)O. The average molecular weight is 578 g/mol. The number of nitrogens with one attached hydrogen (secondary N) is 3. The van der Waals surface area contributed by atoms with E-state index in [0.29, 0.717) is 43.6 Å². The molecule has 11 heteroatoms. The number of carbonyl (C=O) groups excluding carboxylic acids is 2. The number of fused-ring (bicyclic) bond motifs is 1. The number of rotatable bonds is 12. The highest BCUT2D eigenvalue weighted by Gasteiger charge is 2.38. The number of hydrogen-bond donors (Lipinski definition) is 6. The van der Waals surface area contributed by atoms with E-state index in [4.69, 9.17) is 18.0 Å². The topological polar surface area (TPSA) is 144 Å². The summed E-state index contributed by atoms with van der Waals surface area (Å²) in [7, 11) is -1.61. The molecule has 1 aliphatic heterocycles. The van der Waals surface area contributed by atoms with Crippen molar-refractivity contribution in [3.05, 3.63) is 71.9 Å². The van der Waals surface area contributed by atoms with Gasteiger partial charge >= 0.3 is 7.12 Å². The van der Waals surface area contributed by atoms with Crippen molar-refractivity contribution in [2.45, 2.75) is 70.0 Å². The summed E-state index contributed by atoms with van der Waals surface area (Å²) < 4.78 is 0. The number of thiocarbonyl (C=S) groups is 1. The number of para-hydroxylation sites is 1. The van der Waals surface area contributed by atoms with Crippen LogP contribution >= 0.6 is 12.2 Å². The van der Waals surface area contributed by atoms with Gasteiger partial charge in [-0.25, -0.2) is 0 Å². The standard InChI is InChI=1S/C30H40BN5O4S/c1-19(2)15-27(31(39)40)35-29(41)25(16-20-9-4-3-5-10-20)34-28(37)26-13-8-14-36(26)30(38)23(32)17-21-18-33-24-12-7-6-11-22(21)24/h3-7,9-12,18-19,23,25-27,33,39-40H,8,13-17,32H2,1-2H3,(H,34,37)(H,35,41)/t23-,25-,26?,27-/m0/s1. The maximum Gasteiger partial charge on any atom is 0.475 e. The van der Waals surface area contributed by atoms with E-state index in [9.17, 15) is 19.6 Å². The zero-order chi connectivity index (χ0) is 29.5. The number of H-pyrrole nitrogens is 1. The first-order valence-corrected chi connectivity index (χ1v) is 14.7. The number of nitrogens with zero attached hydrogens (tertiary/aromatic N) is 1. The van der Waals surface area contributed by atoms with Gasteiger partial charge in [-0.05, 0) is 55.2 Å². The molecule has 0 spiro atoms. The fraction of sp³-hybridized carbons (Fsp3) is 0.433. The van der Waals surface area contributed by atoms with E-state index in [1.165, 1.54) is 0 Å². The van der Waals surface area contributed by atoms with E-state index >= 15 is 0 Å². The van der Waals surface area contributed by atoms with Crippen molar-refractivity contribution in [3.63, 3.8) is 0 Å². The first kappa shape index (κ1) is 30.7. The van der Waals surface area contributed by atoms with Crippen molar-refractivity contribution >= 4 is 47.0 Å². The van der Waals surface area contributed by atoms with Crippen LogP contribution in [0.4, 0.5) is 0 Å². The Morgan fingerprint density at radius 3 is 2.51 bits per heavy atom. The Hall–Kier alpha value is -3.25. The van der Waals surface area contributed by atoms with Gasteiger partial charge in [0, 0.05) is 23.6 Å². The molecule has 4 atom stereocenters. The number of nitrogens with two attached hydrogens (primary N) is 1. The maximum atomic E-state index is 13.6. The second-order valence-corrected chi connectivity index (χ2v) is 11.7. The number of hydrogen-bond acceptors (Lipinski definition) is 6. The second kappa shape index (κ2) is 14.1. The summed E-state index contributed by atoms with van der Waals surface area (Å²) in [6, 6.07) is 15.5. The predicted octanol–water partition coefficient (Wildman–Crippen LogP) is 2.10. The molecule has 0 saturated carbocycles. The van der Waals surface area contributed by atoms with Crippen LogP contribution in [-0.4, -0.2) is 74.5 Å². The molecule has 2 heterocycles. The van der Waals surface area contributed by atoms with Crippen molar-refractivity contribution in [2.75, 3.05) is 6.54 Å². The molecule has 7 N–H and O–H groups in total. The van der Waals surface area contributed by atoms with E-state index < -0.39 is 31.2 Å². The molecule has 1 saturated heterocycles. The highest BCUT2D eigenvalue weighted by atomic mass is 32.1. The van der Waals surface area contributed by atoms with Gasteiger partial charge in [0.2, 0.25) is 11.8 Å². The van der Waals surface area contributed by atoms with Crippen LogP contribution in [0.5, 0.6) is 0 Å². The molecule has 4 rings (SSSR count). The zero-order valence-electron chi connectivity index (χ0n) is 23.6. The number of aromatic nitrogens is 1. The summed E-state index contributed by atoms with van der Waals surface area (Å²) in [5, 5.41) is 27.0. The predicted molar refractivity (Wildman–Crippen MR) is 166 cm³/mol. The summed E-state index contributed by atoms with van der Waals surface area (Å²) in [4.78, 5) is 32.2. The molecule has 0 bridgehead atoms. The summed E-state index contributed by atoms with van der Waals surface area (Å²) >= 11 is 5.69. The molecule has 2 aromatic carbocycles. The van der Waals surface area contributed by atoms with Gasteiger partial charge in [0.1, 0.15) is 6.04 Å². The third kappa shape index (κ3) is 7.94. The second-order valence-electron chi connectivity index (χ2n) is 11.3. The van der Waals surface area contributed by atoms with Crippen LogP contribution in [-0.2, 0) is 22.4 Å². The van der Waals surface area contributed by atoms with E-state index in [-0.39, 0.29) is 17.7 Å². The summed E-state index contributed by atoms with van der Waals surface area (Å²) in [6.45, 7) is 4.42. The third-order valence-corrected chi connectivity index (χ3v) is 8.00. The van der Waals surface area contributed by atoms with Crippen molar-refractivity contribution in [2.24, 2.45) is 11.7 Å². The Kier molecular flexibility index (Phi) is 10.6. The van der Waals surface area contributed by atoms with E-state index in [1.54, 1.807) is 4.90 Å². The van der Waals surface area contributed by atoms with Gasteiger partial charge in [0.15, 0.2) is 0 Å². The smallest absolute Gasteiger partial charge is 0.426 e. The minimum Gasteiger partial charge on any atom is -0.426 e. The third-order valence-electron chi connectivity index (χ3n) is 7.60. The lowest BCUT2D eigenvalue weighted by Gasteiger charge is -2.30. The number of amides is 2. The minimum atomic E-state index is -1.61. The number of benzene rings is 2. The number of likely N-dealkylation sites (tertiary alicyclic amines) is 1. The highest BCUT2D eigenvalue weighted by molar-refractivity contribution is 7.80. The molecular weight excluding hydrogens is 537 g/mol. The maximum absolute atomic E-state index is 13.6.